The minimum atomic E-state index is -0.828. The third kappa shape index (κ3) is 3.94. The van der Waals surface area contributed by atoms with Crippen molar-refractivity contribution in [2.75, 3.05) is 6.61 Å². The Morgan fingerprint density at radius 2 is 2.21 bits per heavy atom. The van der Waals surface area contributed by atoms with Gasteiger partial charge in [-0.15, -0.1) is 0 Å². The Morgan fingerprint density at radius 3 is 3.00 bits per heavy atom. The van der Waals surface area contributed by atoms with E-state index in [0.29, 0.717) is 13.0 Å². The Balaban J connectivity index is 1.56. The van der Waals surface area contributed by atoms with Crippen molar-refractivity contribution in [1.82, 2.24) is 5.32 Å². The topological polar surface area (TPSA) is 64.6 Å². The number of para-hydroxylation sites is 1. The molecule has 1 aliphatic rings. The number of hydrogen-bond donors (Lipinski definition) is 1. The molecule has 126 valence electrons. The molecule has 0 spiro atoms. The van der Waals surface area contributed by atoms with Gasteiger partial charge in [-0.3, -0.25) is 9.59 Å². The number of amides is 1. The number of nitrogens with one attached hydrogen (secondary N) is 1. The third-order valence-electron chi connectivity index (χ3n) is 3.88. The molecule has 0 unspecified atom stereocenters. The van der Waals surface area contributed by atoms with Gasteiger partial charge < -0.3 is 14.8 Å². The number of benzene rings is 1. The number of hydrogen-bond acceptors (Lipinski definition) is 5. The number of esters is 1. The molecular weight excluding hydrogens is 326 g/mol. The van der Waals surface area contributed by atoms with E-state index in [4.69, 9.17) is 9.47 Å². The number of fused-ring (bicyclic) bond motifs is 1. The van der Waals surface area contributed by atoms with Gasteiger partial charge >= 0.3 is 5.97 Å². The van der Waals surface area contributed by atoms with Crippen LogP contribution in [0, 0.1) is 0 Å². The minimum Gasteiger partial charge on any atom is -0.493 e. The van der Waals surface area contributed by atoms with Crippen molar-refractivity contribution in [2.24, 2.45) is 0 Å². The van der Waals surface area contributed by atoms with Gasteiger partial charge in [0.05, 0.1) is 19.1 Å². The van der Waals surface area contributed by atoms with Crippen molar-refractivity contribution in [1.29, 1.82) is 0 Å². The van der Waals surface area contributed by atoms with Gasteiger partial charge in [0.25, 0.3) is 5.91 Å². The summed E-state index contributed by atoms with van der Waals surface area (Å²) in [5.74, 6) is 0.0926. The van der Waals surface area contributed by atoms with Crippen LogP contribution in [-0.4, -0.2) is 24.6 Å². The SMILES string of the molecule is C[C@@H](OC(=O)Cc1ccsc1)C(=O)N[C@H]1CCOc2ccccc21. The highest BCUT2D eigenvalue weighted by Gasteiger charge is 2.26. The van der Waals surface area contributed by atoms with Crippen molar-refractivity contribution in [3.05, 3.63) is 52.2 Å². The molecule has 5 nitrogen and oxygen atoms in total. The Hall–Kier alpha value is -2.34. The molecule has 0 fully saturated rings. The van der Waals surface area contributed by atoms with Crippen molar-refractivity contribution in [2.45, 2.75) is 31.9 Å². The van der Waals surface area contributed by atoms with Crippen LogP contribution in [0.1, 0.15) is 30.5 Å². The molecule has 6 heteroatoms. The number of carbonyl (C=O) groups is 2. The Morgan fingerprint density at radius 1 is 1.38 bits per heavy atom. The first-order chi connectivity index (χ1) is 11.6. The molecule has 1 amide bonds. The fourth-order valence-corrected chi connectivity index (χ4v) is 3.30. The van der Waals surface area contributed by atoms with Crippen LogP contribution in [0.15, 0.2) is 41.1 Å². The summed E-state index contributed by atoms with van der Waals surface area (Å²) < 4.78 is 10.8. The molecule has 2 heterocycles. The first kappa shape index (κ1) is 16.5. The summed E-state index contributed by atoms with van der Waals surface area (Å²) in [6, 6.07) is 9.38. The Bertz CT molecular complexity index is 714. The predicted molar refractivity (Wildman–Crippen MR) is 91.0 cm³/mol. The fourth-order valence-electron chi connectivity index (χ4n) is 2.63. The zero-order valence-electron chi connectivity index (χ0n) is 13.4. The molecule has 2 atom stereocenters. The lowest BCUT2D eigenvalue weighted by Gasteiger charge is -2.27. The van der Waals surface area contributed by atoms with Gasteiger partial charge in [0.1, 0.15) is 5.75 Å². The predicted octanol–water partition coefficient (Wildman–Crippen LogP) is 2.86. The zero-order chi connectivity index (χ0) is 16.9. The van der Waals surface area contributed by atoms with Crippen molar-refractivity contribution < 1.29 is 19.1 Å². The van der Waals surface area contributed by atoms with E-state index in [2.05, 4.69) is 5.32 Å². The van der Waals surface area contributed by atoms with Gasteiger partial charge in [-0.1, -0.05) is 18.2 Å². The second-order valence-electron chi connectivity index (χ2n) is 5.68. The Labute approximate surface area is 144 Å². The average molecular weight is 345 g/mol. The standard InChI is InChI=1S/C18H19NO4S/c1-12(23-17(20)10-13-7-9-24-11-13)18(21)19-15-6-8-22-16-5-3-2-4-14(15)16/h2-5,7,9,11-12,15H,6,8,10H2,1H3,(H,19,21)/t12-,15+/m1/s1. The normalized spacial score (nSPS) is 17.3. The van der Waals surface area contributed by atoms with Crippen LogP contribution in [-0.2, 0) is 20.7 Å². The van der Waals surface area contributed by atoms with Gasteiger partial charge in [0, 0.05) is 12.0 Å². The minimum absolute atomic E-state index is 0.125. The largest absolute Gasteiger partial charge is 0.493 e. The lowest BCUT2D eigenvalue weighted by atomic mass is 10.0. The van der Waals surface area contributed by atoms with Gasteiger partial charge in [-0.2, -0.15) is 11.3 Å². The monoisotopic (exact) mass is 345 g/mol. The maximum Gasteiger partial charge on any atom is 0.311 e. The van der Waals surface area contributed by atoms with Crippen LogP contribution < -0.4 is 10.1 Å². The van der Waals surface area contributed by atoms with Crippen LogP contribution in [0.25, 0.3) is 0 Å². The van der Waals surface area contributed by atoms with E-state index in [-0.39, 0.29) is 18.4 Å². The lowest BCUT2D eigenvalue weighted by Crippen LogP contribution is -2.39. The molecule has 2 aromatic rings. The van der Waals surface area contributed by atoms with Crippen LogP contribution in [0.3, 0.4) is 0 Å². The quantitative estimate of drug-likeness (QED) is 0.847. The molecule has 0 bridgehead atoms. The summed E-state index contributed by atoms with van der Waals surface area (Å²) in [7, 11) is 0. The summed E-state index contributed by atoms with van der Waals surface area (Å²) in [4.78, 5) is 24.2. The molecule has 1 aromatic carbocycles. The van der Waals surface area contributed by atoms with Gasteiger partial charge in [0.15, 0.2) is 6.10 Å². The van der Waals surface area contributed by atoms with Crippen LogP contribution in [0.4, 0.5) is 0 Å². The number of rotatable bonds is 5. The molecule has 0 saturated carbocycles. The second kappa shape index (κ2) is 7.49. The van der Waals surface area contributed by atoms with Gasteiger partial charge in [0.2, 0.25) is 0 Å². The highest BCUT2D eigenvalue weighted by atomic mass is 32.1. The van der Waals surface area contributed by atoms with Crippen LogP contribution >= 0.6 is 11.3 Å². The molecule has 0 radical (unpaired) electrons. The van der Waals surface area contributed by atoms with E-state index < -0.39 is 12.1 Å². The van der Waals surface area contributed by atoms with Crippen LogP contribution in [0.5, 0.6) is 5.75 Å². The van der Waals surface area contributed by atoms with E-state index >= 15 is 0 Å². The summed E-state index contributed by atoms with van der Waals surface area (Å²) in [5, 5.41) is 6.74. The maximum atomic E-state index is 12.3. The average Bonchev–Trinajstić information content (AvgIpc) is 3.08. The van der Waals surface area contributed by atoms with Crippen molar-refractivity contribution >= 4 is 23.2 Å². The molecule has 0 saturated heterocycles. The summed E-state index contributed by atoms with van der Waals surface area (Å²) in [6.45, 7) is 2.14. The Kier molecular flexibility index (Phi) is 5.15. The summed E-state index contributed by atoms with van der Waals surface area (Å²) >= 11 is 1.52. The van der Waals surface area contributed by atoms with E-state index in [0.717, 1.165) is 16.9 Å². The van der Waals surface area contributed by atoms with E-state index in [1.807, 2.05) is 41.1 Å². The number of ether oxygens (including phenoxy) is 2. The molecule has 1 aromatic heterocycles. The first-order valence-corrected chi connectivity index (χ1v) is 8.80. The molecular formula is C18H19NO4S. The van der Waals surface area contributed by atoms with Crippen LogP contribution in [0.2, 0.25) is 0 Å². The maximum absolute atomic E-state index is 12.3. The highest BCUT2D eigenvalue weighted by molar-refractivity contribution is 7.07. The smallest absolute Gasteiger partial charge is 0.311 e. The first-order valence-electron chi connectivity index (χ1n) is 7.86. The number of carbonyl (C=O) groups excluding carboxylic acids is 2. The second-order valence-corrected chi connectivity index (χ2v) is 6.46. The van der Waals surface area contributed by atoms with Crippen molar-refractivity contribution in [3.63, 3.8) is 0 Å². The lowest BCUT2D eigenvalue weighted by molar-refractivity contribution is -0.154. The third-order valence-corrected chi connectivity index (χ3v) is 4.61. The molecule has 0 aliphatic carbocycles. The van der Waals surface area contributed by atoms with E-state index in [9.17, 15) is 9.59 Å². The molecule has 3 rings (SSSR count). The molecule has 24 heavy (non-hydrogen) atoms. The zero-order valence-corrected chi connectivity index (χ0v) is 14.2. The highest BCUT2D eigenvalue weighted by Crippen LogP contribution is 2.31. The fraction of sp³-hybridized carbons (Fsp3) is 0.333. The van der Waals surface area contributed by atoms with Gasteiger partial charge in [-0.05, 0) is 35.4 Å². The molecule has 1 aliphatic heterocycles. The van der Waals surface area contributed by atoms with E-state index in [1.165, 1.54) is 11.3 Å². The summed E-state index contributed by atoms with van der Waals surface area (Å²) in [6.07, 6.45) is 0.0469. The van der Waals surface area contributed by atoms with E-state index in [1.54, 1.807) is 6.92 Å². The van der Waals surface area contributed by atoms with Gasteiger partial charge in [-0.25, -0.2) is 0 Å². The van der Waals surface area contributed by atoms with Crippen molar-refractivity contribution in [3.8, 4) is 5.75 Å². The number of thiophene rings is 1. The molecule has 1 N–H and O–H groups in total. The summed E-state index contributed by atoms with van der Waals surface area (Å²) in [5.41, 5.74) is 1.85.